The van der Waals surface area contributed by atoms with Gasteiger partial charge in [-0.05, 0) is 43.7 Å². The number of rotatable bonds is 5. The second kappa shape index (κ2) is 6.85. The van der Waals surface area contributed by atoms with Crippen LogP contribution in [0, 0.1) is 0 Å². The molecule has 3 aromatic rings. The van der Waals surface area contributed by atoms with Crippen LogP contribution in [0.15, 0.2) is 52.3 Å². The van der Waals surface area contributed by atoms with E-state index in [4.69, 9.17) is 4.42 Å². The zero-order valence-electron chi connectivity index (χ0n) is 13.1. The van der Waals surface area contributed by atoms with E-state index < -0.39 is 0 Å². The molecule has 2 amide bonds. The standard InChI is InChI=1S/C17H19N3O2S/c1-20(2)13(11-18-17(21)19-16-8-5-9-23-16)15-10-12-6-3-4-7-14(12)22-15/h3-10,13H,11H2,1-2H3,(H2,18,19,21)/t13-/m0/s1. The molecule has 1 atom stereocenters. The summed E-state index contributed by atoms with van der Waals surface area (Å²) in [5.41, 5.74) is 0.859. The molecule has 2 heterocycles. The van der Waals surface area contributed by atoms with Crippen LogP contribution in [-0.4, -0.2) is 31.6 Å². The van der Waals surface area contributed by atoms with E-state index in [1.165, 1.54) is 11.3 Å². The van der Waals surface area contributed by atoms with Gasteiger partial charge in [-0.15, -0.1) is 11.3 Å². The number of hydrogen-bond donors (Lipinski definition) is 2. The van der Waals surface area contributed by atoms with Crippen LogP contribution in [0.2, 0.25) is 0 Å². The number of hydrogen-bond acceptors (Lipinski definition) is 4. The Labute approximate surface area is 138 Å². The first-order valence-corrected chi connectivity index (χ1v) is 8.24. The fourth-order valence-corrected chi connectivity index (χ4v) is 3.01. The second-order valence-electron chi connectivity index (χ2n) is 5.48. The summed E-state index contributed by atoms with van der Waals surface area (Å²) in [7, 11) is 3.94. The number of likely N-dealkylation sites (N-methyl/N-ethyl adjacent to an activating group) is 1. The van der Waals surface area contributed by atoms with Gasteiger partial charge in [0.05, 0.1) is 11.0 Å². The summed E-state index contributed by atoms with van der Waals surface area (Å²) < 4.78 is 5.92. The number of nitrogens with one attached hydrogen (secondary N) is 2. The lowest BCUT2D eigenvalue weighted by Gasteiger charge is -2.22. The molecular formula is C17H19N3O2S. The number of carbonyl (C=O) groups excluding carboxylic acids is 1. The first-order valence-electron chi connectivity index (χ1n) is 7.37. The molecule has 0 aliphatic rings. The van der Waals surface area contributed by atoms with E-state index in [1.54, 1.807) is 0 Å². The van der Waals surface area contributed by atoms with Gasteiger partial charge in [-0.2, -0.15) is 0 Å². The fraction of sp³-hybridized carbons (Fsp3) is 0.235. The van der Waals surface area contributed by atoms with Crippen molar-refractivity contribution in [2.24, 2.45) is 0 Å². The summed E-state index contributed by atoms with van der Waals surface area (Å²) in [6, 6.07) is 13.5. The van der Waals surface area contributed by atoms with Gasteiger partial charge in [0.1, 0.15) is 11.3 Å². The Bertz CT molecular complexity index is 747. The number of nitrogens with zero attached hydrogens (tertiary/aromatic N) is 1. The van der Waals surface area contributed by atoms with Crippen molar-refractivity contribution < 1.29 is 9.21 Å². The molecule has 0 fully saturated rings. The maximum Gasteiger partial charge on any atom is 0.319 e. The van der Waals surface area contributed by atoms with E-state index in [0.717, 1.165) is 21.7 Å². The van der Waals surface area contributed by atoms with Gasteiger partial charge in [0.25, 0.3) is 0 Å². The molecule has 1 aromatic carbocycles. The average molecular weight is 329 g/mol. The Kier molecular flexibility index (Phi) is 4.64. The van der Waals surface area contributed by atoms with Gasteiger partial charge >= 0.3 is 6.03 Å². The van der Waals surface area contributed by atoms with Crippen LogP contribution in [-0.2, 0) is 0 Å². The first kappa shape index (κ1) is 15.6. The molecule has 3 rings (SSSR count). The molecule has 2 N–H and O–H groups in total. The Balaban J connectivity index is 1.68. The predicted octanol–water partition coefficient (Wildman–Crippen LogP) is 3.92. The van der Waals surface area contributed by atoms with Crippen molar-refractivity contribution in [1.29, 1.82) is 0 Å². The molecule has 0 radical (unpaired) electrons. The monoisotopic (exact) mass is 329 g/mol. The maximum absolute atomic E-state index is 12.0. The second-order valence-corrected chi connectivity index (χ2v) is 6.43. The van der Waals surface area contributed by atoms with Crippen LogP contribution in [0.4, 0.5) is 9.80 Å². The number of thiophene rings is 1. The molecule has 23 heavy (non-hydrogen) atoms. The number of furan rings is 1. The van der Waals surface area contributed by atoms with Gasteiger partial charge in [-0.1, -0.05) is 18.2 Å². The third-order valence-electron chi connectivity index (χ3n) is 3.61. The van der Waals surface area contributed by atoms with Crippen molar-refractivity contribution in [2.75, 3.05) is 26.0 Å². The molecule has 5 nitrogen and oxygen atoms in total. The van der Waals surface area contributed by atoms with Crippen molar-refractivity contribution in [2.45, 2.75) is 6.04 Å². The van der Waals surface area contributed by atoms with E-state index in [1.807, 2.05) is 66.8 Å². The van der Waals surface area contributed by atoms with Crippen LogP contribution in [0.1, 0.15) is 11.8 Å². The smallest absolute Gasteiger partial charge is 0.319 e. The minimum Gasteiger partial charge on any atom is -0.459 e. The van der Waals surface area contributed by atoms with Gasteiger partial charge < -0.3 is 9.73 Å². The summed E-state index contributed by atoms with van der Waals surface area (Å²) in [4.78, 5) is 14.0. The number of anilines is 1. The molecule has 0 saturated carbocycles. The Morgan fingerprint density at radius 1 is 1.26 bits per heavy atom. The van der Waals surface area contributed by atoms with Gasteiger partial charge in [-0.3, -0.25) is 10.2 Å². The first-order chi connectivity index (χ1) is 11.1. The number of fused-ring (bicyclic) bond motifs is 1. The van der Waals surface area contributed by atoms with E-state index in [2.05, 4.69) is 10.6 Å². The van der Waals surface area contributed by atoms with Gasteiger partial charge in [0.15, 0.2) is 0 Å². The molecule has 0 aliphatic carbocycles. The molecule has 0 aliphatic heterocycles. The fourth-order valence-electron chi connectivity index (χ4n) is 2.40. The molecule has 2 aromatic heterocycles. The number of amides is 2. The number of para-hydroxylation sites is 1. The predicted molar refractivity (Wildman–Crippen MR) is 94.0 cm³/mol. The zero-order valence-corrected chi connectivity index (χ0v) is 13.9. The van der Waals surface area contributed by atoms with Crippen molar-refractivity contribution in [3.63, 3.8) is 0 Å². The minimum absolute atomic E-state index is 0.0310. The van der Waals surface area contributed by atoms with E-state index in [9.17, 15) is 4.79 Å². The van der Waals surface area contributed by atoms with Crippen molar-refractivity contribution in [3.8, 4) is 0 Å². The number of urea groups is 1. The van der Waals surface area contributed by atoms with Gasteiger partial charge in [-0.25, -0.2) is 4.79 Å². The molecule has 0 spiro atoms. The Morgan fingerprint density at radius 3 is 2.78 bits per heavy atom. The lowest BCUT2D eigenvalue weighted by molar-refractivity contribution is 0.235. The summed E-state index contributed by atoms with van der Waals surface area (Å²) >= 11 is 1.49. The molecule has 0 saturated heterocycles. The normalized spacial score (nSPS) is 12.5. The van der Waals surface area contributed by atoms with E-state index in [-0.39, 0.29) is 12.1 Å². The SMILES string of the molecule is CN(C)[C@@H](CNC(=O)Nc1cccs1)c1cc2ccccc2o1. The quantitative estimate of drug-likeness (QED) is 0.746. The molecular weight excluding hydrogens is 310 g/mol. The Hall–Kier alpha value is -2.31. The van der Waals surface area contributed by atoms with Gasteiger partial charge in [0, 0.05) is 11.9 Å². The van der Waals surface area contributed by atoms with Crippen LogP contribution in [0.3, 0.4) is 0 Å². The summed E-state index contributed by atoms with van der Waals surface area (Å²) in [5.74, 6) is 0.840. The molecule has 0 unspecified atom stereocenters. The molecule has 6 heteroatoms. The van der Waals surface area contributed by atoms with Crippen LogP contribution < -0.4 is 10.6 Å². The lowest BCUT2D eigenvalue weighted by atomic mass is 10.2. The summed E-state index contributed by atoms with van der Waals surface area (Å²) in [5, 5.41) is 9.53. The number of benzene rings is 1. The van der Waals surface area contributed by atoms with Crippen molar-refractivity contribution in [3.05, 3.63) is 53.6 Å². The summed E-state index contributed by atoms with van der Waals surface area (Å²) in [6.07, 6.45) is 0. The minimum atomic E-state index is -0.213. The maximum atomic E-state index is 12.0. The highest BCUT2D eigenvalue weighted by atomic mass is 32.1. The van der Waals surface area contributed by atoms with E-state index >= 15 is 0 Å². The molecule has 0 bridgehead atoms. The average Bonchev–Trinajstić information content (AvgIpc) is 3.15. The highest BCUT2D eigenvalue weighted by molar-refractivity contribution is 7.14. The summed E-state index contributed by atoms with van der Waals surface area (Å²) in [6.45, 7) is 0.462. The zero-order chi connectivity index (χ0) is 16.2. The highest BCUT2D eigenvalue weighted by Crippen LogP contribution is 2.26. The third-order valence-corrected chi connectivity index (χ3v) is 4.40. The van der Waals surface area contributed by atoms with Crippen molar-refractivity contribution >= 4 is 33.3 Å². The topological polar surface area (TPSA) is 57.5 Å². The Morgan fingerprint density at radius 2 is 2.09 bits per heavy atom. The van der Waals surface area contributed by atoms with Gasteiger partial charge in [0.2, 0.25) is 0 Å². The lowest BCUT2D eigenvalue weighted by Crippen LogP contribution is -2.36. The molecule has 120 valence electrons. The van der Waals surface area contributed by atoms with E-state index in [0.29, 0.717) is 6.54 Å². The van der Waals surface area contributed by atoms with Crippen LogP contribution >= 0.6 is 11.3 Å². The third kappa shape index (κ3) is 3.72. The number of carbonyl (C=O) groups is 1. The van der Waals surface area contributed by atoms with Crippen molar-refractivity contribution in [1.82, 2.24) is 10.2 Å². The largest absolute Gasteiger partial charge is 0.459 e. The highest BCUT2D eigenvalue weighted by Gasteiger charge is 2.19. The van der Waals surface area contributed by atoms with Crippen LogP contribution in [0.25, 0.3) is 11.0 Å². The van der Waals surface area contributed by atoms with Crippen LogP contribution in [0.5, 0.6) is 0 Å².